The van der Waals surface area contributed by atoms with Gasteiger partial charge in [-0.2, -0.15) is 4.98 Å². The number of hydrogen-bond donors (Lipinski definition) is 4. The summed E-state index contributed by atoms with van der Waals surface area (Å²) in [7, 11) is 0. The Balaban J connectivity index is 1.55. The maximum absolute atomic E-state index is 12.1. The number of carbonyl (C=O) groups is 1. The molecule has 0 amide bonds. The molecule has 1 saturated carbocycles. The topological polar surface area (TPSA) is 152 Å². The Hall–Kier alpha value is -2.05. The van der Waals surface area contributed by atoms with Gasteiger partial charge >= 0.3 is 11.7 Å². The average molecular weight is 371 g/mol. The van der Waals surface area contributed by atoms with Gasteiger partial charge in [0.1, 0.15) is 24.9 Å². The van der Waals surface area contributed by atoms with E-state index in [1.807, 2.05) is 0 Å². The molecule has 0 spiro atoms. The van der Waals surface area contributed by atoms with E-state index in [1.54, 1.807) is 0 Å². The first-order chi connectivity index (χ1) is 12.5. The predicted molar refractivity (Wildman–Crippen MR) is 84.8 cm³/mol. The van der Waals surface area contributed by atoms with Crippen LogP contribution in [0.15, 0.2) is 17.1 Å². The number of aromatic nitrogens is 2. The maximum atomic E-state index is 12.1. The summed E-state index contributed by atoms with van der Waals surface area (Å²) in [5, 5.41) is 28.8. The van der Waals surface area contributed by atoms with E-state index in [-0.39, 0.29) is 18.5 Å². The zero-order chi connectivity index (χ0) is 18.7. The fourth-order valence-corrected chi connectivity index (χ4v) is 2.64. The highest BCUT2D eigenvalue weighted by Gasteiger charge is 2.43. The molecule has 1 aromatic heterocycles. The lowest BCUT2D eigenvalue weighted by Crippen LogP contribution is -2.36. The Bertz CT molecular complexity index is 692. The molecule has 11 nitrogen and oxygen atoms in total. The number of nitrogens with zero attached hydrogens (tertiary/aromatic N) is 2. The minimum absolute atomic E-state index is 0.0185. The molecule has 2 aliphatic rings. The first-order valence-electron chi connectivity index (χ1n) is 8.28. The molecule has 11 heteroatoms. The van der Waals surface area contributed by atoms with E-state index in [9.17, 15) is 19.8 Å². The van der Waals surface area contributed by atoms with Gasteiger partial charge in [0.2, 0.25) is 0 Å². The summed E-state index contributed by atoms with van der Waals surface area (Å²) in [5.41, 5.74) is 1.46. The van der Waals surface area contributed by atoms with Gasteiger partial charge in [0.25, 0.3) is 0 Å². The van der Waals surface area contributed by atoms with Crippen molar-refractivity contribution in [1.82, 2.24) is 9.55 Å². The molecule has 1 saturated heterocycles. The molecule has 0 aromatic carbocycles. The van der Waals surface area contributed by atoms with Crippen LogP contribution in [-0.2, 0) is 19.1 Å². The SMILES string of the molecule is O=C(COC1CCC1)ONc1ccn([C@@H]2O[C@H](CO)[C@@H](O)[C@H]2O)c(=O)n1. The summed E-state index contributed by atoms with van der Waals surface area (Å²) in [6, 6.07) is 1.33. The summed E-state index contributed by atoms with van der Waals surface area (Å²) in [6.45, 7) is -0.702. The fourth-order valence-electron chi connectivity index (χ4n) is 2.64. The molecule has 26 heavy (non-hydrogen) atoms. The van der Waals surface area contributed by atoms with E-state index in [0.29, 0.717) is 0 Å². The van der Waals surface area contributed by atoms with Crippen molar-refractivity contribution in [1.29, 1.82) is 0 Å². The lowest BCUT2D eigenvalue weighted by atomic mass is 9.96. The maximum Gasteiger partial charge on any atom is 0.357 e. The molecule has 4 N–H and O–H groups in total. The van der Waals surface area contributed by atoms with Crippen LogP contribution in [0, 0.1) is 0 Å². The number of rotatable bonds is 7. The molecule has 4 atom stereocenters. The molecule has 1 aromatic rings. The highest BCUT2D eigenvalue weighted by molar-refractivity contribution is 5.71. The summed E-state index contributed by atoms with van der Waals surface area (Å²) < 4.78 is 11.5. The third-order valence-corrected chi connectivity index (χ3v) is 4.38. The molecule has 0 bridgehead atoms. The molecule has 2 fully saturated rings. The van der Waals surface area contributed by atoms with E-state index in [1.165, 1.54) is 12.3 Å². The van der Waals surface area contributed by atoms with E-state index in [2.05, 4.69) is 10.5 Å². The van der Waals surface area contributed by atoms with Crippen molar-refractivity contribution in [2.24, 2.45) is 0 Å². The molecule has 1 aliphatic heterocycles. The van der Waals surface area contributed by atoms with Gasteiger partial charge in [-0.05, 0) is 19.3 Å². The van der Waals surface area contributed by atoms with Crippen LogP contribution >= 0.6 is 0 Å². The highest BCUT2D eigenvalue weighted by atomic mass is 16.7. The van der Waals surface area contributed by atoms with E-state index >= 15 is 0 Å². The van der Waals surface area contributed by atoms with Crippen LogP contribution in [0.1, 0.15) is 25.5 Å². The van der Waals surface area contributed by atoms with Crippen LogP contribution in [-0.4, -0.2) is 68.5 Å². The Morgan fingerprint density at radius 2 is 2.15 bits per heavy atom. The summed E-state index contributed by atoms with van der Waals surface area (Å²) >= 11 is 0. The molecule has 0 radical (unpaired) electrons. The standard InChI is InChI=1S/C15H21N3O8/c19-6-9-12(21)13(22)14(25-9)18-5-4-10(16-15(18)23)17-26-11(20)7-24-8-2-1-3-8/h4-5,8-9,12-14,19,21-22H,1-3,6-7H2,(H,16,17,23)/t9-,12-,13-,14-/m1/s1. The minimum atomic E-state index is -1.40. The Morgan fingerprint density at radius 1 is 1.38 bits per heavy atom. The van der Waals surface area contributed by atoms with Gasteiger partial charge in [-0.25, -0.2) is 15.1 Å². The van der Waals surface area contributed by atoms with E-state index in [0.717, 1.165) is 23.8 Å². The monoisotopic (exact) mass is 371 g/mol. The largest absolute Gasteiger partial charge is 0.394 e. The second-order valence-corrected chi connectivity index (χ2v) is 6.17. The molecule has 144 valence electrons. The smallest absolute Gasteiger partial charge is 0.357 e. The Labute approximate surface area is 148 Å². The molecule has 3 rings (SSSR count). The number of anilines is 1. The first-order valence-corrected chi connectivity index (χ1v) is 8.28. The summed E-state index contributed by atoms with van der Waals surface area (Å²) in [4.78, 5) is 32.1. The predicted octanol–water partition coefficient (Wildman–Crippen LogP) is -1.71. The summed E-state index contributed by atoms with van der Waals surface area (Å²) in [5.74, 6) is -0.665. The zero-order valence-corrected chi connectivity index (χ0v) is 13.9. The van der Waals surface area contributed by atoms with Crippen LogP contribution in [0.5, 0.6) is 0 Å². The number of carbonyl (C=O) groups excluding carboxylic acids is 1. The normalized spacial score (nSPS) is 28.6. The van der Waals surface area contributed by atoms with Gasteiger partial charge in [0.15, 0.2) is 12.0 Å². The van der Waals surface area contributed by atoms with Crippen molar-refractivity contribution >= 4 is 11.8 Å². The quantitative estimate of drug-likeness (QED) is 0.408. The van der Waals surface area contributed by atoms with Gasteiger partial charge in [-0.1, -0.05) is 0 Å². The Morgan fingerprint density at radius 3 is 2.73 bits per heavy atom. The second kappa shape index (κ2) is 8.10. The molecule has 0 unspecified atom stereocenters. The average Bonchev–Trinajstić information content (AvgIpc) is 2.87. The number of ether oxygens (including phenoxy) is 2. The van der Waals surface area contributed by atoms with Gasteiger partial charge in [-0.15, -0.1) is 0 Å². The lowest BCUT2D eigenvalue weighted by molar-refractivity contribution is -0.149. The van der Waals surface area contributed by atoms with Crippen molar-refractivity contribution < 1.29 is 34.4 Å². The van der Waals surface area contributed by atoms with Crippen LogP contribution in [0.3, 0.4) is 0 Å². The van der Waals surface area contributed by atoms with Crippen LogP contribution in [0.25, 0.3) is 0 Å². The van der Waals surface area contributed by atoms with E-state index in [4.69, 9.17) is 19.4 Å². The Kier molecular flexibility index (Phi) is 5.84. The minimum Gasteiger partial charge on any atom is -0.394 e. The fraction of sp³-hybridized carbons (Fsp3) is 0.667. The van der Waals surface area contributed by atoms with Crippen LogP contribution in [0.4, 0.5) is 5.82 Å². The van der Waals surface area contributed by atoms with E-state index < -0.39 is 42.8 Å². The number of hydrogen-bond acceptors (Lipinski definition) is 10. The van der Waals surface area contributed by atoms with Crippen molar-refractivity contribution in [2.45, 2.75) is 49.9 Å². The number of aliphatic hydroxyl groups is 3. The second-order valence-electron chi connectivity index (χ2n) is 6.17. The zero-order valence-electron chi connectivity index (χ0n) is 13.9. The third kappa shape index (κ3) is 4.02. The summed E-state index contributed by atoms with van der Waals surface area (Å²) in [6.07, 6.45) is -0.600. The van der Waals surface area contributed by atoms with Crippen molar-refractivity contribution in [3.8, 4) is 0 Å². The lowest BCUT2D eigenvalue weighted by Gasteiger charge is -2.24. The highest BCUT2D eigenvalue weighted by Crippen LogP contribution is 2.28. The van der Waals surface area contributed by atoms with Crippen molar-refractivity contribution in [3.05, 3.63) is 22.7 Å². The molecule has 2 heterocycles. The van der Waals surface area contributed by atoms with Crippen molar-refractivity contribution in [3.63, 3.8) is 0 Å². The van der Waals surface area contributed by atoms with Gasteiger partial charge in [0.05, 0.1) is 12.7 Å². The third-order valence-electron chi connectivity index (χ3n) is 4.38. The van der Waals surface area contributed by atoms with Gasteiger partial charge < -0.3 is 29.6 Å². The van der Waals surface area contributed by atoms with Crippen LogP contribution < -0.4 is 11.2 Å². The molecule has 1 aliphatic carbocycles. The van der Waals surface area contributed by atoms with Crippen molar-refractivity contribution in [2.75, 3.05) is 18.7 Å². The number of nitrogens with one attached hydrogen (secondary N) is 1. The van der Waals surface area contributed by atoms with Gasteiger partial charge in [-0.3, -0.25) is 4.57 Å². The molecular weight excluding hydrogens is 350 g/mol. The molecular formula is C15H21N3O8. The van der Waals surface area contributed by atoms with Gasteiger partial charge in [0, 0.05) is 12.3 Å². The number of aliphatic hydroxyl groups excluding tert-OH is 3. The first kappa shape index (κ1) is 18.7. The van der Waals surface area contributed by atoms with Crippen LogP contribution in [0.2, 0.25) is 0 Å².